The van der Waals surface area contributed by atoms with E-state index in [4.69, 9.17) is 9.47 Å². The van der Waals surface area contributed by atoms with Crippen LogP contribution in [0.3, 0.4) is 0 Å². The fourth-order valence-corrected chi connectivity index (χ4v) is 3.18. The third-order valence-electron chi connectivity index (χ3n) is 4.57. The summed E-state index contributed by atoms with van der Waals surface area (Å²) in [5, 5.41) is 2.90. The first-order valence-corrected chi connectivity index (χ1v) is 9.00. The Balaban J connectivity index is 1.69. The lowest BCUT2D eigenvalue weighted by Crippen LogP contribution is -2.28. The highest BCUT2D eigenvalue weighted by atomic mass is 16.5. The van der Waals surface area contributed by atoms with Gasteiger partial charge in [-0.25, -0.2) is 0 Å². The molecule has 0 aliphatic carbocycles. The molecule has 0 spiro atoms. The Morgan fingerprint density at radius 2 is 1.96 bits per heavy atom. The van der Waals surface area contributed by atoms with E-state index in [1.54, 1.807) is 12.0 Å². The average Bonchev–Trinajstić information content (AvgIpc) is 3.05. The fraction of sp³-hybridized carbons (Fsp3) is 0.333. The van der Waals surface area contributed by atoms with Crippen LogP contribution in [0, 0.1) is 12.8 Å². The van der Waals surface area contributed by atoms with Crippen LogP contribution < -0.4 is 19.7 Å². The molecule has 6 nitrogen and oxygen atoms in total. The molecule has 142 valence electrons. The maximum atomic E-state index is 12.7. The number of hydrogen-bond donors (Lipinski definition) is 1. The van der Waals surface area contributed by atoms with Gasteiger partial charge in [0.05, 0.1) is 25.3 Å². The van der Waals surface area contributed by atoms with Crippen molar-refractivity contribution >= 4 is 23.2 Å². The quantitative estimate of drug-likeness (QED) is 0.849. The molecule has 1 N–H and O–H groups in total. The number of methoxy groups -OCH3 is 1. The van der Waals surface area contributed by atoms with Crippen molar-refractivity contribution in [3.8, 4) is 11.5 Å². The van der Waals surface area contributed by atoms with Crippen LogP contribution in [-0.2, 0) is 9.59 Å². The van der Waals surface area contributed by atoms with Gasteiger partial charge in [-0.1, -0.05) is 6.07 Å². The van der Waals surface area contributed by atoms with Crippen LogP contribution in [0.5, 0.6) is 11.5 Å². The number of rotatable bonds is 6. The van der Waals surface area contributed by atoms with Gasteiger partial charge in [-0.05, 0) is 55.8 Å². The minimum absolute atomic E-state index is 0.0597. The number of nitrogens with one attached hydrogen (secondary N) is 1. The van der Waals surface area contributed by atoms with E-state index in [0.717, 1.165) is 17.0 Å². The van der Waals surface area contributed by atoms with Crippen molar-refractivity contribution in [3.63, 3.8) is 0 Å². The van der Waals surface area contributed by atoms with Crippen molar-refractivity contribution in [2.24, 2.45) is 5.92 Å². The van der Waals surface area contributed by atoms with Crippen LogP contribution in [0.25, 0.3) is 0 Å². The molecular weight excluding hydrogens is 344 g/mol. The van der Waals surface area contributed by atoms with E-state index in [1.165, 1.54) is 0 Å². The van der Waals surface area contributed by atoms with Gasteiger partial charge in [0, 0.05) is 18.7 Å². The summed E-state index contributed by atoms with van der Waals surface area (Å²) in [5.41, 5.74) is 2.41. The minimum Gasteiger partial charge on any atom is -0.495 e. The third kappa shape index (κ3) is 4.22. The summed E-state index contributed by atoms with van der Waals surface area (Å²) >= 11 is 0. The predicted octanol–water partition coefficient (Wildman–Crippen LogP) is 3.39. The number of amides is 2. The largest absolute Gasteiger partial charge is 0.495 e. The number of ether oxygens (including phenoxy) is 2. The zero-order valence-electron chi connectivity index (χ0n) is 15.8. The maximum absolute atomic E-state index is 12.7. The molecule has 1 aliphatic rings. The Kier molecular flexibility index (Phi) is 5.64. The van der Waals surface area contributed by atoms with Crippen LogP contribution in [0.2, 0.25) is 0 Å². The van der Waals surface area contributed by atoms with E-state index in [0.29, 0.717) is 24.6 Å². The number of carbonyl (C=O) groups excluding carboxylic acids is 2. The number of benzene rings is 2. The minimum atomic E-state index is -0.408. The Hall–Kier alpha value is -3.02. The number of hydrogen-bond acceptors (Lipinski definition) is 4. The van der Waals surface area contributed by atoms with Crippen LogP contribution in [0.1, 0.15) is 18.9 Å². The van der Waals surface area contributed by atoms with Crippen molar-refractivity contribution in [1.82, 2.24) is 0 Å². The molecule has 2 amide bonds. The van der Waals surface area contributed by atoms with Gasteiger partial charge in [-0.2, -0.15) is 0 Å². The van der Waals surface area contributed by atoms with Crippen LogP contribution in [0.4, 0.5) is 11.4 Å². The molecule has 2 aromatic rings. The summed E-state index contributed by atoms with van der Waals surface area (Å²) in [7, 11) is 1.56. The van der Waals surface area contributed by atoms with E-state index in [2.05, 4.69) is 5.32 Å². The molecule has 3 rings (SSSR count). The summed E-state index contributed by atoms with van der Waals surface area (Å²) < 4.78 is 10.7. The Labute approximate surface area is 159 Å². The Bertz CT molecular complexity index is 833. The predicted molar refractivity (Wildman–Crippen MR) is 104 cm³/mol. The molecule has 1 atom stereocenters. The molecule has 27 heavy (non-hydrogen) atoms. The second kappa shape index (κ2) is 8.12. The van der Waals surface area contributed by atoms with Gasteiger partial charge in [-0.15, -0.1) is 0 Å². The molecule has 0 saturated carbocycles. The fourth-order valence-electron chi connectivity index (χ4n) is 3.18. The van der Waals surface area contributed by atoms with E-state index in [9.17, 15) is 9.59 Å². The van der Waals surface area contributed by atoms with E-state index >= 15 is 0 Å². The lowest BCUT2D eigenvalue weighted by Gasteiger charge is -2.17. The SMILES string of the molecule is CCOc1ccc(N2C[C@@H](C(=O)Nc3cc(C)ccc3OC)CC2=O)cc1. The highest BCUT2D eigenvalue weighted by Gasteiger charge is 2.35. The number of carbonyl (C=O) groups is 2. The van der Waals surface area contributed by atoms with Crippen molar-refractivity contribution < 1.29 is 19.1 Å². The third-order valence-corrected chi connectivity index (χ3v) is 4.57. The molecule has 6 heteroatoms. The number of nitrogens with zero attached hydrogens (tertiary/aromatic N) is 1. The van der Waals surface area contributed by atoms with E-state index in [1.807, 2.05) is 56.3 Å². The summed E-state index contributed by atoms with van der Waals surface area (Å²) in [4.78, 5) is 26.8. The molecule has 1 saturated heterocycles. The topological polar surface area (TPSA) is 67.9 Å². The molecule has 0 radical (unpaired) electrons. The first kappa shape index (κ1) is 18.8. The van der Waals surface area contributed by atoms with Gasteiger partial charge in [0.2, 0.25) is 11.8 Å². The Morgan fingerprint density at radius 1 is 1.22 bits per heavy atom. The van der Waals surface area contributed by atoms with Crippen molar-refractivity contribution in [1.29, 1.82) is 0 Å². The average molecular weight is 368 g/mol. The van der Waals surface area contributed by atoms with E-state index < -0.39 is 5.92 Å². The summed E-state index contributed by atoms with van der Waals surface area (Å²) in [6.45, 7) is 4.81. The normalized spacial score (nSPS) is 16.3. The van der Waals surface area contributed by atoms with Gasteiger partial charge in [0.15, 0.2) is 0 Å². The summed E-state index contributed by atoms with van der Waals surface area (Å²) in [5.74, 6) is 0.709. The van der Waals surface area contributed by atoms with Crippen LogP contribution in [-0.4, -0.2) is 32.1 Å². The molecule has 1 heterocycles. The molecule has 0 aromatic heterocycles. The lowest BCUT2D eigenvalue weighted by atomic mass is 10.1. The molecule has 2 aromatic carbocycles. The standard InChI is InChI=1S/C21H24N2O4/c1-4-27-17-8-6-16(7-9-17)23-13-15(12-20(23)24)21(25)22-18-11-14(2)5-10-19(18)26-3/h5-11,15H,4,12-13H2,1-3H3,(H,22,25)/t15-/m0/s1. The smallest absolute Gasteiger partial charge is 0.229 e. The van der Waals surface area contributed by atoms with Gasteiger partial charge in [-0.3, -0.25) is 9.59 Å². The van der Waals surface area contributed by atoms with Crippen LogP contribution in [0.15, 0.2) is 42.5 Å². The van der Waals surface area contributed by atoms with Gasteiger partial charge < -0.3 is 19.7 Å². The number of aryl methyl sites for hydroxylation is 1. The first-order chi connectivity index (χ1) is 13.0. The lowest BCUT2D eigenvalue weighted by molar-refractivity contribution is -0.122. The Morgan fingerprint density at radius 3 is 2.63 bits per heavy atom. The zero-order valence-corrected chi connectivity index (χ0v) is 15.8. The molecule has 1 aliphatic heterocycles. The number of anilines is 2. The second-order valence-corrected chi connectivity index (χ2v) is 6.53. The molecule has 0 bridgehead atoms. The monoisotopic (exact) mass is 368 g/mol. The first-order valence-electron chi connectivity index (χ1n) is 9.00. The van der Waals surface area contributed by atoms with Crippen molar-refractivity contribution in [3.05, 3.63) is 48.0 Å². The highest BCUT2D eigenvalue weighted by molar-refractivity contribution is 6.04. The van der Waals surface area contributed by atoms with Gasteiger partial charge in [0.1, 0.15) is 11.5 Å². The van der Waals surface area contributed by atoms with Gasteiger partial charge >= 0.3 is 0 Å². The summed E-state index contributed by atoms with van der Waals surface area (Å²) in [6, 6.07) is 12.9. The maximum Gasteiger partial charge on any atom is 0.229 e. The highest BCUT2D eigenvalue weighted by Crippen LogP contribution is 2.30. The zero-order chi connectivity index (χ0) is 19.4. The van der Waals surface area contributed by atoms with Crippen molar-refractivity contribution in [2.75, 3.05) is 30.5 Å². The summed E-state index contributed by atoms with van der Waals surface area (Å²) in [6.07, 6.45) is 0.188. The second-order valence-electron chi connectivity index (χ2n) is 6.53. The molecule has 0 unspecified atom stereocenters. The van der Waals surface area contributed by atoms with Crippen molar-refractivity contribution in [2.45, 2.75) is 20.3 Å². The van der Waals surface area contributed by atoms with E-state index in [-0.39, 0.29) is 18.2 Å². The van der Waals surface area contributed by atoms with Crippen LogP contribution >= 0.6 is 0 Å². The molecule has 1 fully saturated rings. The molecular formula is C21H24N2O4. The van der Waals surface area contributed by atoms with Gasteiger partial charge in [0.25, 0.3) is 0 Å².